The van der Waals surface area contributed by atoms with Crippen LogP contribution in [-0.2, 0) is 28.7 Å². The summed E-state index contributed by atoms with van der Waals surface area (Å²) in [5.41, 5.74) is 0.505. The number of nitrogens with zero attached hydrogens (tertiary/aromatic N) is 2. The molecular weight excluding hydrogens is 316 g/mol. The van der Waals surface area contributed by atoms with Crippen molar-refractivity contribution in [2.75, 3.05) is 26.3 Å². The van der Waals surface area contributed by atoms with Crippen LogP contribution < -0.4 is 0 Å². The molecule has 0 atom stereocenters. The standard InChI is InChI=1S/C16H20N2O6/c1-13(5-3-7-17-11-19)15(21)23-9-10-24-16(22)14(2)6-4-8-18-12-20/h1-10H2. The first-order valence-corrected chi connectivity index (χ1v) is 7.30. The maximum Gasteiger partial charge on any atom is 0.333 e. The van der Waals surface area contributed by atoms with Gasteiger partial charge in [0.25, 0.3) is 0 Å². The third-order valence-corrected chi connectivity index (χ3v) is 2.75. The molecule has 0 unspecified atom stereocenters. The molecule has 0 fully saturated rings. The van der Waals surface area contributed by atoms with Crippen molar-refractivity contribution in [1.82, 2.24) is 0 Å². The van der Waals surface area contributed by atoms with Gasteiger partial charge >= 0.3 is 11.9 Å². The highest BCUT2D eigenvalue weighted by Crippen LogP contribution is 2.06. The van der Waals surface area contributed by atoms with Gasteiger partial charge in [0.1, 0.15) is 13.2 Å². The van der Waals surface area contributed by atoms with E-state index in [0.717, 1.165) is 0 Å². The molecule has 0 radical (unpaired) electrons. The summed E-state index contributed by atoms with van der Waals surface area (Å²) in [5.74, 6) is -1.18. The predicted molar refractivity (Wildman–Crippen MR) is 84.6 cm³/mol. The molecule has 0 N–H and O–H groups in total. The van der Waals surface area contributed by atoms with Crippen molar-refractivity contribution in [3.63, 3.8) is 0 Å². The second kappa shape index (κ2) is 13.8. The van der Waals surface area contributed by atoms with Crippen LogP contribution in [0.15, 0.2) is 34.3 Å². The summed E-state index contributed by atoms with van der Waals surface area (Å²) in [7, 11) is 0. The van der Waals surface area contributed by atoms with Gasteiger partial charge in [-0.25, -0.2) is 29.2 Å². The number of ether oxygens (including phenoxy) is 2. The topological polar surface area (TPSA) is 111 Å². The second-order valence-corrected chi connectivity index (χ2v) is 4.63. The Morgan fingerprint density at radius 2 is 1.17 bits per heavy atom. The SMILES string of the molecule is C=C(CCCN=C=O)C(=O)OCCOC(=O)C(=C)CCCN=C=O. The summed E-state index contributed by atoms with van der Waals surface area (Å²) in [6.45, 7) is 7.49. The number of rotatable bonds is 13. The lowest BCUT2D eigenvalue weighted by atomic mass is 10.2. The van der Waals surface area contributed by atoms with E-state index in [1.54, 1.807) is 0 Å². The first-order valence-electron chi connectivity index (χ1n) is 7.30. The molecule has 0 aromatic rings. The number of esters is 2. The molecule has 8 heteroatoms. The molecule has 0 aromatic carbocycles. The van der Waals surface area contributed by atoms with E-state index in [1.807, 2.05) is 0 Å². The number of hydrogen-bond acceptors (Lipinski definition) is 8. The summed E-state index contributed by atoms with van der Waals surface area (Å²) < 4.78 is 9.79. The monoisotopic (exact) mass is 336 g/mol. The van der Waals surface area contributed by atoms with E-state index >= 15 is 0 Å². The van der Waals surface area contributed by atoms with Gasteiger partial charge in [0.05, 0.1) is 13.1 Å². The fraction of sp³-hybridized carbons (Fsp3) is 0.500. The number of isocyanates is 2. The molecule has 130 valence electrons. The highest BCUT2D eigenvalue weighted by Gasteiger charge is 2.10. The number of aliphatic imine (C=N–C) groups is 2. The van der Waals surface area contributed by atoms with Crippen molar-refractivity contribution < 1.29 is 28.7 Å². The van der Waals surface area contributed by atoms with Gasteiger partial charge in [-0.15, -0.1) is 0 Å². The van der Waals surface area contributed by atoms with Crippen molar-refractivity contribution >= 4 is 24.1 Å². The van der Waals surface area contributed by atoms with Gasteiger partial charge in [0, 0.05) is 11.1 Å². The van der Waals surface area contributed by atoms with E-state index in [9.17, 15) is 19.2 Å². The summed E-state index contributed by atoms with van der Waals surface area (Å²) >= 11 is 0. The molecule has 0 aliphatic rings. The molecule has 8 nitrogen and oxygen atoms in total. The van der Waals surface area contributed by atoms with E-state index in [0.29, 0.717) is 25.7 Å². The lowest BCUT2D eigenvalue weighted by molar-refractivity contribution is -0.147. The van der Waals surface area contributed by atoms with E-state index in [4.69, 9.17) is 9.47 Å². The zero-order valence-electron chi connectivity index (χ0n) is 13.4. The summed E-state index contributed by atoms with van der Waals surface area (Å²) in [6, 6.07) is 0. The molecule has 0 rings (SSSR count). The minimum atomic E-state index is -0.591. The average Bonchev–Trinajstić information content (AvgIpc) is 2.58. The zero-order valence-corrected chi connectivity index (χ0v) is 13.4. The molecule has 0 aliphatic heterocycles. The Morgan fingerprint density at radius 3 is 1.50 bits per heavy atom. The highest BCUT2D eigenvalue weighted by atomic mass is 16.6. The minimum Gasteiger partial charge on any atom is -0.459 e. The third kappa shape index (κ3) is 10.8. The van der Waals surface area contributed by atoms with Crippen molar-refractivity contribution in [3.05, 3.63) is 24.3 Å². The molecule has 0 bridgehead atoms. The van der Waals surface area contributed by atoms with Crippen LogP contribution in [0.1, 0.15) is 25.7 Å². The largest absolute Gasteiger partial charge is 0.459 e. The van der Waals surface area contributed by atoms with Gasteiger partial charge in [-0.3, -0.25) is 0 Å². The first-order chi connectivity index (χ1) is 11.5. The van der Waals surface area contributed by atoms with E-state index in [2.05, 4.69) is 23.1 Å². The maximum atomic E-state index is 11.6. The van der Waals surface area contributed by atoms with Crippen LogP contribution in [0.5, 0.6) is 0 Å². The number of hydrogen-bond donors (Lipinski definition) is 0. The highest BCUT2D eigenvalue weighted by molar-refractivity contribution is 5.88. The van der Waals surface area contributed by atoms with Crippen LogP contribution in [0.2, 0.25) is 0 Å². The zero-order chi connectivity index (χ0) is 18.2. The summed E-state index contributed by atoms with van der Waals surface area (Å²) in [6.07, 6.45) is 4.49. The van der Waals surface area contributed by atoms with Crippen LogP contribution in [0, 0.1) is 0 Å². The Hall–Kier alpha value is -2.82. The van der Waals surface area contributed by atoms with Crippen molar-refractivity contribution in [3.8, 4) is 0 Å². The maximum absolute atomic E-state index is 11.6. The van der Waals surface area contributed by atoms with Crippen molar-refractivity contribution in [1.29, 1.82) is 0 Å². The first kappa shape index (κ1) is 21.2. The van der Waals surface area contributed by atoms with Crippen molar-refractivity contribution in [2.45, 2.75) is 25.7 Å². The number of carbonyl (C=O) groups excluding carboxylic acids is 4. The molecule has 0 spiro atoms. The lowest BCUT2D eigenvalue weighted by Gasteiger charge is -2.08. The average molecular weight is 336 g/mol. The van der Waals surface area contributed by atoms with Crippen LogP contribution in [0.3, 0.4) is 0 Å². The molecule has 0 heterocycles. The van der Waals surface area contributed by atoms with Gasteiger partial charge < -0.3 is 9.47 Å². The fourth-order valence-electron chi connectivity index (χ4n) is 1.51. The normalized spacial score (nSPS) is 9.17. The minimum absolute atomic E-state index is 0.0984. The van der Waals surface area contributed by atoms with E-state index in [-0.39, 0.29) is 37.4 Å². The lowest BCUT2D eigenvalue weighted by Crippen LogP contribution is -2.16. The molecule has 0 aliphatic carbocycles. The van der Waals surface area contributed by atoms with Gasteiger partial charge in [-0.2, -0.15) is 0 Å². The molecule has 0 saturated heterocycles. The molecule has 24 heavy (non-hydrogen) atoms. The van der Waals surface area contributed by atoms with E-state index < -0.39 is 11.9 Å². The second-order valence-electron chi connectivity index (χ2n) is 4.63. The van der Waals surface area contributed by atoms with Gasteiger partial charge in [-0.1, -0.05) is 13.2 Å². The smallest absolute Gasteiger partial charge is 0.333 e. The predicted octanol–water partition coefficient (Wildman–Crippen LogP) is 1.42. The quantitative estimate of drug-likeness (QED) is 0.165. The Labute approximate surface area is 139 Å². The van der Waals surface area contributed by atoms with Crippen LogP contribution in [0.25, 0.3) is 0 Å². The number of carbonyl (C=O) groups is 2. The van der Waals surface area contributed by atoms with Crippen LogP contribution >= 0.6 is 0 Å². The molecular formula is C16H20N2O6. The third-order valence-electron chi connectivity index (χ3n) is 2.75. The Bertz CT molecular complexity index is 507. The van der Waals surface area contributed by atoms with Crippen LogP contribution in [-0.4, -0.2) is 50.4 Å². The summed E-state index contributed by atoms with van der Waals surface area (Å²) in [5, 5.41) is 0. The van der Waals surface area contributed by atoms with Crippen molar-refractivity contribution in [2.24, 2.45) is 9.98 Å². The fourth-order valence-corrected chi connectivity index (χ4v) is 1.51. The van der Waals surface area contributed by atoms with Crippen LogP contribution in [0.4, 0.5) is 0 Å². The van der Waals surface area contributed by atoms with Gasteiger partial charge in [-0.05, 0) is 25.7 Å². The summed E-state index contributed by atoms with van der Waals surface area (Å²) in [4.78, 5) is 49.6. The Kier molecular flexibility index (Phi) is 12.2. The molecule has 0 saturated carbocycles. The Morgan fingerprint density at radius 1 is 0.792 bits per heavy atom. The van der Waals surface area contributed by atoms with Gasteiger partial charge in [0.15, 0.2) is 0 Å². The molecule has 0 aromatic heterocycles. The Balaban J connectivity index is 3.82. The van der Waals surface area contributed by atoms with E-state index in [1.165, 1.54) is 12.2 Å². The molecule has 0 amide bonds. The van der Waals surface area contributed by atoms with Gasteiger partial charge in [0.2, 0.25) is 12.2 Å².